The van der Waals surface area contributed by atoms with Crippen LogP contribution in [0.1, 0.15) is 23.6 Å². The highest BCUT2D eigenvalue weighted by atomic mass is 16.6. The van der Waals surface area contributed by atoms with Crippen molar-refractivity contribution in [3.8, 4) is 11.5 Å². The summed E-state index contributed by atoms with van der Waals surface area (Å²) < 4.78 is 22.1. The molecule has 2 atom stereocenters. The van der Waals surface area contributed by atoms with Crippen molar-refractivity contribution in [2.75, 3.05) is 26.4 Å². The smallest absolute Gasteiger partial charge is 0.122 e. The summed E-state index contributed by atoms with van der Waals surface area (Å²) >= 11 is 0. The van der Waals surface area contributed by atoms with Crippen LogP contribution in [0.5, 0.6) is 11.5 Å². The Bertz CT molecular complexity index is 1490. The first-order valence-corrected chi connectivity index (χ1v) is 13.1. The second kappa shape index (κ2) is 11.2. The normalized spacial score (nSPS) is 18.3. The van der Waals surface area contributed by atoms with Crippen molar-refractivity contribution in [2.24, 2.45) is 9.98 Å². The third-order valence-corrected chi connectivity index (χ3v) is 6.52. The molecule has 4 aromatic carbocycles. The number of aliphatic imine (C=N–C) groups is 2. The quantitative estimate of drug-likeness (QED) is 0.173. The molecule has 0 aromatic heterocycles. The number of fused-ring (bicyclic) bond motifs is 1. The van der Waals surface area contributed by atoms with Gasteiger partial charge >= 0.3 is 0 Å². The maximum atomic E-state index is 5.91. The van der Waals surface area contributed by atoms with Gasteiger partial charge in [0.25, 0.3) is 0 Å². The Morgan fingerprint density at radius 3 is 2.05 bits per heavy atom. The number of benzene rings is 4. The van der Waals surface area contributed by atoms with Gasteiger partial charge in [0.15, 0.2) is 0 Å². The molecule has 0 bridgehead atoms. The first kappa shape index (κ1) is 24.3. The van der Waals surface area contributed by atoms with Gasteiger partial charge in [-0.25, -0.2) is 0 Å². The van der Waals surface area contributed by atoms with Gasteiger partial charge < -0.3 is 18.9 Å². The van der Waals surface area contributed by atoms with E-state index in [0.717, 1.165) is 64.4 Å². The van der Waals surface area contributed by atoms with E-state index in [-0.39, 0.29) is 12.2 Å². The van der Waals surface area contributed by atoms with Crippen LogP contribution in [-0.4, -0.2) is 51.1 Å². The molecule has 4 aromatic rings. The highest BCUT2D eigenvalue weighted by molar-refractivity contribution is 5.91. The predicted molar refractivity (Wildman–Crippen MR) is 151 cm³/mol. The lowest BCUT2D eigenvalue weighted by Crippen LogP contribution is -2.06. The summed E-state index contributed by atoms with van der Waals surface area (Å²) in [7, 11) is 0. The number of nitrogens with zero attached hydrogens (tertiary/aromatic N) is 2. The summed E-state index contributed by atoms with van der Waals surface area (Å²) in [4.78, 5) is 9.43. The third kappa shape index (κ3) is 6.46. The molecule has 2 fully saturated rings. The van der Waals surface area contributed by atoms with Crippen LogP contribution in [0.15, 0.2) is 88.8 Å². The number of rotatable bonds is 11. The summed E-state index contributed by atoms with van der Waals surface area (Å²) in [5.41, 5.74) is 4.99. The Morgan fingerprint density at radius 1 is 0.737 bits per heavy atom. The van der Waals surface area contributed by atoms with Crippen molar-refractivity contribution in [1.29, 1.82) is 0 Å². The van der Waals surface area contributed by atoms with Gasteiger partial charge in [-0.1, -0.05) is 31.2 Å². The van der Waals surface area contributed by atoms with E-state index >= 15 is 0 Å². The average molecular weight is 507 g/mol. The van der Waals surface area contributed by atoms with E-state index < -0.39 is 0 Å². The number of epoxide rings is 2. The maximum absolute atomic E-state index is 5.91. The molecule has 0 aliphatic carbocycles. The van der Waals surface area contributed by atoms with E-state index in [4.69, 9.17) is 28.9 Å². The molecule has 0 radical (unpaired) electrons. The fourth-order valence-electron chi connectivity index (χ4n) is 4.16. The SMILES string of the molecule is CCc1cc(C=Nc2ccc3ccc(N=Cc4cccc(OCC5CO5)c4)cc3c2)ccc1OCC1CO1. The van der Waals surface area contributed by atoms with E-state index in [1.54, 1.807) is 0 Å². The molecule has 192 valence electrons. The number of hydrogen-bond acceptors (Lipinski definition) is 6. The number of ether oxygens (including phenoxy) is 4. The standard InChI is InChI=1S/C32H30N2O4/c1-2-24-12-23(6-11-32(24)38-21-31-20-37-31)17-34-28-10-8-25-7-9-27(14-26(25)15-28)33-16-22-4-3-5-29(13-22)35-18-30-19-36-30/h3-17,30-31H,2,18-21H2,1H3. The average Bonchev–Trinajstić information content (AvgIpc) is 3.88. The third-order valence-electron chi connectivity index (χ3n) is 6.52. The first-order valence-electron chi connectivity index (χ1n) is 13.1. The molecule has 2 aliphatic rings. The molecule has 2 saturated heterocycles. The molecule has 0 N–H and O–H groups in total. The predicted octanol–water partition coefficient (Wildman–Crippen LogP) is 6.46. The van der Waals surface area contributed by atoms with Crippen molar-refractivity contribution < 1.29 is 18.9 Å². The zero-order valence-electron chi connectivity index (χ0n) is 21.4. The molecule has 0 amide bonds. The maximum Gasteiger partial charge on any atom is 0.122 e. The summed E-state index contributed by atoms with van der Waals surface area (Å²) in [5.74, 6) is 1.75. The minimum atomic E-state index is 0.237. The van der Waals surface area contributed by atoms with Crippen LogP contribution in [-0.2, 0) is 15.9 Å². The monoisotopic (exact) mass is 506 g/mol. The molecule has 2 heterocycles. The highest BCUT2D eigenvalue weighted by Crippen LogP contribution is 2.27. The summed E-state index contributed by atoms with van der Waals surface area (Å²) in [5, 5.41) is 2.24. The molecule has 6 heteroatoms. The molecule has 6 nitrogen and oxygen atoms in total. The van der Waals surface area contributed by atoms with Gasteiger partial charge in [-0.3, -0.25) is 9.98 Å². The van der Waals surface area contributed by atoms with E-state index in [9.17, 15) is 0 Å². The Hall–Kier alpha value is -4.00. The van der Waals surface area contributed by atoms with Gasteiger partial charge in [-0.15, -0.1) is 0 Å². The van der Waals surface area contributed by atoms with E-state index in [1.807, 2.05) is 61.0 Å². The lowest BCUT2D eigenvalue weighted by atomic mass is 10.1. The van der Waals surface area contributed by atoms with Crippen molar-refractivity contribution in [3.05, 3.63) is 95.6 Å². The Morgan fingerprint density at radius 2 is 1.39 bits per heavy atom. The highest BCUT2D eigenvalue weighted by Gasteiger charge is 2.24. The lowest BCUT2D eigenvalue weighted by molar-refractivity contribution is 0.261. The van der Waals surface area contributed by atoms with Gasteiger partial charge in [0, 0.05) is 12.4 Å². The molecule has 0 spiro atoms. The zero-order valence-corrected chi connectivity index (χ0v) is 21.4. The molecule has 2 unspecified atom stereocenters. The van der Waals surface area contributed by atoms with Crippen LogP contribution in [0, 0.1) is 0 Å². The van der Waals surface area contributed by atoms with Crippen LogP contribution < -0.4 is 9.47 Å². The van der Waals surface area contributed by atoms with E-state index in [0.29, 0.717) is 13.2 Å². The fourth-order valence-corrected chi connectivity index (χ4v) is 4.16. The van der Waals surface area contributed by atoms with E-state index in [2.05, 4.69) is 37.3 Å². The molecule has 6 rings (SSSR count). The Balaban J connectivity index is 1.15. The molecular formula is C32H30N2O4. The second-order valence-corrected chi connectivity index (χ2v) is 9.56. The number of hydrogen-bond donors (Lipinski definition) is 0. The van der Waals surface area contributed by atoms with Gasteiger partial charge in [0.1, 0.15) is 36.9 Å². The van der Waals surface area contributed by atoms with Crippen molar-refractivity contribution in [1.82, 2.24) is 0 Å². The minimum Gasteiger partial charge on any atom is -0.491 e. The van der Waals surface area contributed by atoms with Gasteiger partial charge in [-0.05, 0) is 88.5 Å². The fraction of sp³-hybridized carbons (Fsp3) is 0.250. The van der Waals surface area contributed by atoms with Crippen molar-refractivity contribution in [3.63, 3.8) is 0 Å². The second-order valence-electron chi connectivity index (χ2n) is 9.56. The van der Waals surface area contributed by atoms with Crippen LogP contribution in [0.2, 0.25) is 0 Å². The van der Waals surface area contributed by atoms with Crippen LogP contribution in [0.4, 0.5) is 11.4 Å². The van der Waals surface area contributed by atoms with Crippen LogP contribution in [0.25, 0.3) is 10.8 Å². The Labute approximate surface area is 222 Å². The van der Waals surface area contributed by atoms with Crippen molar-refractivity contribution in [2.45, 2.75) is 25.6 Å². The number of aryl methyl sites for hydroxylation is 1. The van der Waals surface area contributed by atoms with Crippen LogP contribution in [0.3, 0.4) is 0 Å². The van der Waals surface area contributed by atoms with Crippen LogP contribution >= 0.6 is 0 Å². The minimum absolute atomic E-state index is 0.237. The molecule has 2 aliphatic heterocycles. The van der Waals surface area contributed by atoms with Gasteiger partial charge in [0.2, 0.25) is 0 Å². The Kier molecular flexibility index (Phi) is 7.16. The summed E-state index contributed by atoms with van der Waals surface area (Å²) in [6, 6.07) is 26.6. The summed E-state index contributed by atoms with van der Waals surface area (Å²) in [6.07, 6.45) is 5.15. The first-order chi connectivity index (χ1) is 18.7. The lowest BCUT2D eigenvalue weighted by Gasteiger charge is -2.10. The van der Waals surface area contributed by atoms with Gasteiger partial charge in [0.05, 0.1) is 24.6 Å². The molecule has 0 saturated carbocycles. The molecule has 38 heavy (non-hydrogen) atoms. The van der Waals surface area contributed by atoms with Gasteiger partial charge in [-0.2, -0.15) is 0 Å². The molecular weight excluding hydrogens is 476 g/mol. The van der Waals surface area contributed by atoms with Crippen molar-refractivity contribution >= 4 is 34.6 Å². The van der Waals surface area contributed by atoms with E-state index in [1.165, 1.54) is 5.56 Å². The topological polar surface area (TPSA) is 68.2 Å². The summed E-state index contributed by atoms with van der Waals surface area (Å²) in [6.45, 7) is 4.92. The largest absolute Gasteiger partial charge is 0.491 e. The zero-order chi connectivity index (χ0) is 25.7.